The van der Waals surface area contributed by atoms with E-state index in [0.717, 1.165) is 22.6 Å². The first kappa shape index (κ1) is 11.6. The second kappa shape index (κ2) is 4.95. The third-order valence-corrected chi connectivity index (χ3v) is 3.62. The maximum atomic E-state index is 5.58. The minimum atomic E-state index is 0.421. The summed E-state index contributed by atoms with van der Waals surface area (Å²) in [5.41, 5.74) is 1.19. The van der Waals surface area contributed by atoms with E-state index in [4.69, 9.17) is 14.2 Å². The second-order valence-corrected chi connectivity index (χ2v) is 4.45. The molecule has 2 rings (SSSR count). The summed E-state index contributed by atoms with van der Waals surface area (Å²) in [6.45, 7) is 3.33. The summed E-state index contributed by atoms with van der Waals surface area (Å²) < 4.78 is 16.5. The molecular formula is C12H15BrO3. The van der Waals surface area contributed by atoms with Crippen LogP contribution in [0.2, 0.25) is 0 Å². The van der Waals surface area contributed by atoms with Gasteiger partial charge in [0.05, 0.1) is 7.11 Å². The number of methoxy groups -OCH3 is 1. The maximum absolute atomic E-state index is 5.58. The van der Waals surface area contributed by atoms with Gasteiger partial charge in [-0.3, -0.25) is 0 Å². The predicted molar refractivity (Wildman–Crippen MR) is 66.2 cm³/mol. The molecule has 1 aromatic carbocycles. The molecule has 1 aromatic rings. The molecule has 1 unspecified atom stereocenters. The number of alkyl halides is 1. The van der Waals surface area contributed by atoms with Gasteiger partial charge in [-0.15, -0.1) is 0 Å². The molecule has 0 saturated carbocycles. The zero-order chi connectivity index (χ0) is 11.5. The van der Waals surface area contributed by atoms with Crippen LogP contribution in [0.25, 0.3) is 0 Å². The van der Waals surface area contributed by atoms with E-state index in [1.165, 1.54) is 5.56 Å². The molecule has 1 heterocycles. The second-order valence-electron chi connectivity index (χ2n) is 3.80. The van der Waals surface area contributed by atoms with Gasteiger partial charge in [0.1, 0.15) is 13.2 Å². The Kier molecular flexibility index (Phi) is 3.59. The highest BCUT2D eigenvalue weighted by Gasteiger charge is 2.19. The van der Waals surface area contributed by atoms with Crippen LogP contribution >= 0.6 is 15.9 Å². The lowest BCUT2D eigenvalue weighted by Crippen LogP contribution is -2.16. The van der Waals surface area contributed by atoms with Crippen LogP contribution in [-0.2, 0) is 0 Å². The fourth-order valence-electron chi connectivity index (χ4n) is 1.67. The summed E-state index contributed by atoms with van der Waals surface area (Å²) in [5.74, 6) is 2.68. The standard InChI is InChI=1S/C12H15BrO3/c1-8(7-13)9-5-10(14-2)12-11(6-9)15-3-4-16-12/h5-6,8H,3-4,7H2,1-2H3. The Bertz CT molecular complexity index is 362. The lowest BCUT2D eigenvalue weighted by Gasteiger charge is -2.22. The lowest BCUT2D eigenvalue weighted by molar-refractivity contribution is 0.165. The molecule has 16 heavy (non-hydrogen) atoms. The third kappa shape index (κ3) is 2.12. The van der Waals surface area contributed by atoms with E-state index >= 15 is 0 Å². The molecule has 0 spiro atoms. The molecule has 0 amide bonds. The van der Waals surface area contributed by atoms with Gasteiger partial charge in [-0.2, -0.15) is 0 Å². The summed E-state index contributed by atoms with van der Waals surface area (Å²) >= 11 is 3.48. The van der Waals surface area contributed by atoms with E-state index in [1.807, 2.05) is 12.1 Å². The molecule has 3 nitrogen and oxygen atoms in total. The van der Waals surface area contributed by atoms with Crippen LogP contribution in [0, 0.1) is 0 Å². The minimum absolute atomic E-state index is 0.421. The molecule has 0 aromatic heterocycles. The first-order chi connectivity index (χ1) is 7.76. The number of rotatable bonds is 3. The van der Waals surface area contributed by atoms with Gasteiger partial charge in [0.15, 0.2) is 11.5 Å². The van der Waals surface area contributed by atoms with E-state index in [1.54, 1.807) is 7.11 Å². The Morgan fingerprint density at radius 2 is 2.12 bits per heavy atom. The van der Waals surface area contributed by atoms with Crippen molar-refractivity contribution in [2.75, 3.05) is 25.7 Å². The molecule has 1 atom stereocenters. The van der Waals surface area contributed by atoms with Crippen molar-refractivity contribution < 1.29 is 14.2 Å². The summed E-state index contributed by atoms with van der Waals surface area (Å²) in [6.07, 6.45) is 0. The van der Waals surface area contributed by atoms with E-state index < -0.39 is 0 Å². The Labute approximate surface area is 104 Å². The molecule has 88 valence electrons. The Morgan fingerprint density at radius 1 is 1.38 bits per heavy atom. The molecule has 0 N–H and O–H groups in total. The monoisotopic (exact) mass is 286 g/mol. The molecule has 0 aliphatic carbocycles. The quantitative estimate of drug-likeness (QED) is 0.800. The van der Waals surface area contributed by atoms with Crippen molar-refractivity contribution in [1.82, 2.24) is 0 Å². The summed E-state index contributed by atoms with van der Waals surface area (Å²) in [5, 5.41) is 0.912. The van der Waals surface area contributed by atoms with E-state index in [0.29, 0.717) is 19.1 Å². The molecule has 0 saturated heterocycles. The topological polar surface area (TPSA) is 27.7 Å². The zero-order valence-electron chi connectivity index (χ0n) is 9.46. The van der Waals surface area contributed by atoms with Gasteiger partial charge >= 0.3 is 0 Å². The van der Waals surface area contributed by atoms with Crippen molar-refractivity contribution in [3.8, 4) is 17.2 Å². The number of ether oxygens (including phenoxy) is 3. The van der Waals surface area contributed by atoms with Gasteiger partial charge in [-0.1, -0.05) is 22.9 Å². The summed E-state index contributed by atoms with van der Waals surface area (Å²) in [7, 11) is 1.65. The minimum Gasteiger partial charge on any atom is -0.493 e. The largest absolute Gasteiger partial charge is 0.493 e. The average Bonchev–Trinajstić information content (AvgIpc) is 2.36. The van der Waals surface area contributed by atoms with Crippen LogP contribution < -0.4 is 14.2 Å². The third-order valence-electron chi connectivity index (χ3n) is 2.65. The highest BCUT2D eigenvalue weighted by atomic mass is 79.9. The normalized spacial score (nSPS) is 15.7. The first-order valence-corrected chi connectivity index (χ1v) is 6.42. The van der Waals surface area contributed by atoms with Gasteiger partial charge in [-0.05, 0) is 23.6 Å². The Balaban J connectivity index is 2.43. The van der Waals surface area contributed by atoms with Crippen molar-refractivity contribution in [1.29, 1.82) is 0 Å². The molecular weight excluding hydrogens is 272 g/mol. The number of halogens is 1. The van der Waals surface area contributed by atoms with Gasteiger partial charge < -0.3 is 14.2 Å². The van der Waals surface area contributed by atoms with Crippen LogP contribution in [0.3, 0.4) is 0 Å². The van der Waals surface area contributed by atoms with Crippen molar-refractivity contribution >= 4 is 15.9 Å². The average molecular weight is 287 g/mol. The maximum Gasteiger partial charge on any atom is 0.203 e. The van der Waals surface area contributed by atoms with E-state index in [2.05, 4.69) is 22.9 Å². The van der Waals surface area contributed by atoms with Crippen molar-refractivity contribution in [2.45, 2.75) is 12.8 Å². The van der Waals surface area contributed by atoms with E-state index in [-0.39, 0.29) is 0 Å². The van der Waals surface area contributed by atoms with Crippen molar-refractivity contribution in [3.05, 3.63) is 17.7 Å². The fraction of sp³-hybridized carbons (Fsp3) is 0.500. The summed E-state index contributed by atoms with van der Waals surface area (Å²) in [6, 6.07) is 4.04. The zero-order valence-corrected chi connectivity index (χ0v) is 11.0. The van der Waals surface area contributed by atoms with Gasteiger partial charge in [0.25, 0.3) is 0 Å². The molecule has 0 fully saturated rings. The van der Waals surface area contributed by atoms with Gasteiger partial charge in [0, 0.05) is 5.33 Å². The lowest BCUT2D eigenvalue weighted by atomic mass is 10.0. The summed E-state index contributed by atoms with van der Waals surface area (Å²) in [4.78, 5) is 0. The van der Waals surface area contributed by atoms with Crippen LogP contribution in [0.15, 0.2) is 12.1 Å². The fourth-order valence-corrected chi connectivity index (χ4v) is 2.04. The van der Waals surface area contributed by atoms with Crippen LogP contribution in [0.5, 0.6) is 17.2 Å². The Hall–Kier alpha value is -0.900. The molecule has 0 radical (unpaired) electrons. The van der Waals surface area contributed by atoms with E-state index in [9.17, 15) is 0 Å². The first-order valence-electron chi connectivity index (χ1n) is 5.29. The number of benzene rings is 1. The number of fused-ring (bicyclic) bond motifs is 1. The highest BCUT2D eigenvalue weighted by Crippen LogP contribution is 2.42. The van der Waals surface area contributed by atoms with Crippen LogP contribution in [0.1, 0.15) is 18.4 Å². The molecule has 1 aliphatic heterocycles. The van der Waals surface area contributed by atoms with Gasteiger partial charge in [0.2, 0.25) is 5.75 Å². The SMILES string of the molecule is COc1cc(C(C)CBr)cc2c1OCCO2. The Morgan fingerprint density at radius 3 is 2.81 bits per heavy atom. The van der Waals surface area contributed by atoms with Crippen molar-refractivity contribution in [2.24, 2.45) is 0 Å². The van der Waals surface area contributed by atoms with Crippen molar-refractivity contribution in [3.63, 3.8) is 0 Å². The molecule has 0 bridgehead atoms. The number of hydrogen-bond donors (Lipinski definition) is 0. The highest BCUT2D eigenvalue weighted by molar-refractivity contribution is 9.09. The predicted octanol–water partition coefficient (Wildman–Crippen LogP) is 2.96. The smallest absolute Gasteiger partial charge is 0.203 e. The van der Waals surface area contributed by atoms with Crippen LogP contribution in [-0.4, -0.2) is 25.7 Å². The number of hydrogen-bond acceptors (Lipinski definition) is 3. The molecule has 4 heteroatoms. The molecule has 1 aliphatic rings. The van der Waals surface area contributed by atoms with Gasteiger partial charge in [-0.25, -0.2) is 0 Å². The van der Waals surface area contributed by atoms with Crippen LogP contribution in [0.4, 0.5) is 0 Å².